The lowest BCUT2D eigenvalue weighted by Crippen LogP contribution is -2.50. The second-order valence-corrected chi connectivity index (χ2v) is 6.99. The zero-order valence-corrected chi connectivity index (χ0v) is 15.7. The lowest BCUT2D eigenvalue weighted by atomic mass is 9.64. The number of halogens is 4. The average Bonchev–Trinajstić information content (AvgIpc) is 2.66. The maximum absolute atomic E-state index is 14.4. The third-order valence-corrected chi connectivity index (χ3v) is 5.33. The fourth-order valence-corrected chi connectivity index (χ4v) is 3.94. The van der Waals surface area contributed by atoms with Crippen molar-refractivity contribution in [1.82, 2.24) is 0 Å². The Morgan fingerprint density at radius 3 is 2.50 bits per heavy atom. The molecule has 30 heavy (non-hydrogen) atoms. The number of Topliss-reactive ketones (excluding diaryl/α,β-unsaturated/α-hetero) is 1. The second kappa shape index (κ2) is 7.48. The van der Waals surface area contributed by atoms with Crippen molar-refractivity contribution in [2.24, 2.45) is 11.1 Å². The lowest BCUT2D eigenvalue weighted by molar-refractivity contribution is -0.206. The monoisotopic (exact) mass is 424 g/mol. The Balaban J connectivity index is 2.19. The minimum absolute atomic E-state index is 0.148. The molecule has 0 fully saturated rings. The van der Waals surface area contributed by atoms with E-state index in [2.05, 4.69) is 4.74 Å². The summed E-state index contributed by atoms with van der Waals surface area (Å²) in [6.07, 6.45) is -7.03. The van der Waals surface area contributed by atoms with Gasteiger partial charge >= 0.3 is 12.1 Å². The van der Waals surface area contributed by atoms with Gasteiger partial charge < -0.3 is 15.2 Å². The molecule has 0 unspecified atom stereocenters. The number of carbonyl (C=O) groups is 2. The van der Waals surface area contributed by atoms with Crippen LogP contribution in [0.4, 0.5) is 17.6 Å². The Morgan fingerprint density at radius 1 is 1.33 bits per heavy atom. The van der Waals surface area contributed by atoms with Gasteiger partial charge in [0, 0.05) is 12.8 Å². The number of alkyl halides is 3. The van der Waals surface area contributed by atoms with Gasteiger partial charge in [0.15, 0.2) is 5.78 Å². The maximum atomic E-state index is 14.4. The highest BCUT2D eigenvalue weighted by molar-refractivity contribution is 6.01. The van der Waals surface area contributed by atoms with Crippen LogP contribution >= 0.6 is 0 Å². The van der Waals surface area contributed by atoms with E-state index in [9.17, 15) is 32.4 Å². The van der Waals surface area contributed by atoms with Gasteiger partial charge in [0.2, 0.25) is 5.88 Å². The van der Waals surface area contributed by atoms with Crippen LogP contribution in [0, 0.1) is 22.6 Å². The van der Waals surface area contributed by atoms with E-state index >= 15 is 0 Å². The zero-order chi connectivity index (χ0) is 22.3. The van der Waals surface area contributed by atoms with Gasteiger partial charge in [-0.2, -0.15) is 18.4 Å². The number of carbonyl (C=O) groups excluding carboxylic acids is 2. The molecule has 0 amide bonds. The first kappa shape index (κ1) is 21.4. The van der Waals surface area contributed by atoms with E-state index in [1.54, 1.807) is 0 Å². The molecule has 158 valence electrons. The largest absolute Gasteiger partial charge is 0.469 e. The molecule has 0 radical (unpaired) electrons. The number of ether oxygens (including phenoxy) is 2. The molecule has 2 atom stereocenters. The summed E-state index contributed by atoms with van der Waals surface area (Å²) >= 11 is 0. The van der Waals surface area contributed by atoms with Crippen LogP contribution in [-0.4, -0.2) is 25.0 Å². The van der Waals surface area contributed by atoms with Gasteiger partial charge in [-0.15, -0.1) is 0 Å². The van der Waals surface area contributed by atoms with E-state index in [0.717, 1.165) is 7.11 Å². The van der Waals surface area contributed by atoms with Crippen LogP contribution in [0.1, 0.15) is 30.7 Å². The highest BCUT2D eigenvalue weighted by Crippen LogP contribution is 2.58. The van der Waals surface area contributed by atoms with E-state index < -0.39 is 58.5 Å². The fraction of sp³-hybridized carbons (Fsp3) is 0.350. The number of methoxy groups -OCH3 is 1. The number of nitriles is 1. The Hall–Kier alpha value is -3.35. The molecule has 10 heteroatoms. The highest BCUT2D eigenvalue weighted by Gasteiger charge is 2.66. The van der Waals surface area contributed by atoms with E-state index in [1.807, 2.05) is 0 Å². The molecule has 1 aromatic carbocycles. The maximum Gasteiger partial charge on any atom is 0.404 e. The predicted octanol–water partition coefficient (Wildman–Crippen LogP) is 3.36. The molecule has 0 saturated heterocycles. The van der Waals surface area contributed by atoms with Crippen molar-refractivity contribution in [2.75, 3.05) is 7.11 Å². The zero-order valence-electron chi connectivity index (χ0n) is 15.7. The smallest absolute Gasteiger partial charge is 0.404 e. The van der Waals surface area contributed by atoms with Gasteiger partial charge in [-0.25, -0.2) is 4.39 Å². The Labute approximate surface area is 168 Å². The number of rotatable bonds is 3. The molecule has 0 spiro atoms. The quantitative estimate of drug-likeness (QED) is 0.590. The summed E-state index contributed by atoms with van der Waals surface area (Å²) in [4.78, 5) is 24.8. The Kier molecular flexibility index (Phi) is 5.33. The third kappa shape index (κ3) is 3.30. The molecule has 2 aliphatic rings. The van der Waals surface area contributed by atoms with Crippen molar-refractivity contribution in [3.8, 4) is 6.07 Å². The van der Waals surface area contributed by atoms with Gasteiger partial charge in [0.1, 0.15) is 28.6 Å². The van der Waals surface area contributed by atoms with Crippen molar-refractivity contribution in [3.63, 3.8) is 0 Å². The first-order chi connectivity index (χ1) is 14.0. The van der Waals surface area contributed by atoms with Crippen molar-refractivity contribution in [1.29, 1.82) is 5.26 Å². The van der Waals surface area contributed by atoms with Crippen LogP contribution in [0.15, 0.2) is 47.1 Å². The third-order valence-electron chi connectivity index (χ3n) is 5.33. The minimum atomic E-state index is -5.21. The molecule has 2 N–H and O–H groups in total. The molecule has 1 heterocycles. The number of nitrogens with two attached hydrogens (primary N) is 1. The number of hydrogen-bond acceptors (Lipinski definition) is 6. The van der Waals surface area contributed by atoms with Gasteiger partial charge in [-0.3, -0.25) is 9.59 Å². The number of esters is 1. The lowest BCUT2D eigenvalue weighted by Gasteiger charge is -2.42. The van der Waals surface area contributed by atoms with E-state index in [1.165, 1.54) is 30.3 Å². The molecule has 1 aliphatic carbocycles. The Morgan fingerprint density at radius 2 is 1.97 bits per heavy atom. The molecule has 0 bridgehead atoms. The SMILES string of the molecule is COC(=O)C[C@]1(C(F)(F)F)C(C#N)=C(N)OC2=C1C(=O)C[C@H](c1ccc(F)cc1)C2. The molecular weight excluding hydrogens is 408 g/mol. The fourth-order valence-electron chi connectivity index (χ4n) is 3.94. The molecule has 0 saturated carbocycles. The van der Waals surface area contributed by atoms with E-state index in [-0.39, 0.29) is 18.6 Å². The standard InChI is InChI=1S/C20H16F4N2O4/c1-29-16(28)8-19(20(22,23)24)13(9-25)18(26)30-15-7-11(6-14(27)17(15)19)10-2-4-12(21)5-3-10/h2-5,11H,6-8,26H2,1H3/t11-,19-/m0/s1. The van der Waals surface area contributed by atoms with Gasteiger partial charge in [0.05, 0.1) is 19.1 Å². The summed E-state index contributed by atoms with van der Waals surface area (Å²) in [5.41, 5.74) is 1.01. The van der Waals surface area contributed by atoms with Crippen LogP contribution in [0.5, 0.6) is 0 Å². The van der Waals surface area contributed by atoms with Crippen LogP contribution in [0.25, 0.3) is 0 Å². The minimum Gasteiger partial charge on any atom is -0.469 e. The molecule has 3 rings (SSSR count). The number of hydrogen-bond donors (Lipinski definition) is 1. The topological polar surface area (TPSA) is 102 Å². The van der Waals surface area contributed by atoms with E-state index in [0.29, 0.717) is 5.56 Å². The molecule has 1 aromatic rings. The summed E-state index contributed by atoms with van der Waals surface area (Å²) in [6, 6.07) is 6.55. The summed E-state index contributed by atoms with van der Waals surface area (Å²) in [5, 5.41) is 9.39. The first-order valence-corrected chi connectivity index (χ1v) is 8.79. The highest BCUT2D eigenvalue weighted by atomic mass is 19.4. The van der Waals surface area contributed by atoms with Gasteiger partial charge in [-0.1, -0.05) is 12.1 Å². The average molecular weight is 424 g/mol. The molecular formula is C20H16F4N2O4. The predicted molar refractivity (Wildman–Crippen MR) is 93.4 cm³/mol. The number of benzene rings is 1. The van der Waals surface area contributed by atoms with Crippen molar-refractivity contribution < 1.29 is 36.6 Å². The summed E-state index contributed by atoms with van der Waals surface area (Å²) in [5.74, 6) is -4.49. The van der Waals surface area contributed by atoms with Gasteiger partial charge in [-0.05, 0) is 23.6 Å². The molecule has 0 aromatic heterocycles. The van der Waals surface area contributed by atoms with Crippen LogP contribution in [-0.2, 0) is 19.1 Å². The summed E-state index contributed by atoms with van der Waals surface area (Å²) in [7, 11) is 0.896. The van der Waals surface area contributed by atoms with Crippen LogP contribution in [0.3, 0.4) is 0 Å². The molecule has 6 nitrogen and oxygen atoms in total. The molecule has 1 aliphatic heterocycles. The first-order valence-electron chi connectivity index (χ1n) is 8.79. The van der Waals surface area contributed by atoms with Gasteiger partial charge in [0.25, 0.3) is 0 Å². The summed E-state index contributed by atoms with van der Waals surface area (Å²) in [6.45, 7) is 0. The van der Waals surface area contributed by atoms with Crippen molar-refractivity contribution >= 4 is 11.8 Å². The second-order valence-electron chi connectivity index (χ2n) is 6.99. The number of nitrogens with zero attached hydrogens (tertiary/aromatic N) is 1. The summed E-state index contributed by atoms with van der Waals surface area (Å²) < 4.78 is 66.0. The van der Waals surface area contributed by atoms with E-state index in [4.69, 9.17) is 10.5 Å². The number of allylic oxidation sites excluding steroid dienone is 3. The number of ketones is 1. The normalized spacial score (nSPS) is 24.1. The van der Waals surface area contributed by atoms with Crippen LogP contribution < -0.4 is 5.73 Å². The van der Waals surface area contributed by atoms with Crippen molar-refractivity contribution in [2.45, 2.75) is 31.4 Å². The van der Waals surface area contributed by atoms with Crippen molar-refractivity contribution in [3.05, 3.63) is 58.4 Å². The van der Waals surface area contributed by atoms with Crippen LogP contribution in [0.2, 0.25) is 0 Å². The Bertz CT molecular complexity index is 1010.